The third-order valence-electron chi connectivity index (χ3n) is 4.00. The Hall–Kier alpha value is -2.48. The number of rotatable bonds is 7. The lowest BCUT2D eigenvalue weighted by molar-refractivity contribution is -0.130. The molecule has 0 aliphatic carbocycles. The van der Waals surface area contributed by atoms with E-state index in [0.717, 1.165) is 17.2 Å². The van der Waals surface area contributed by atoms with Crippen LogP contribution in [0.15, 0.2) is 28.9 Å². The predicted octanol–water partition coefficient (Wildman–Crippen LogP) is 2.70. The Kier molecular flexibility index (Phi) is 5.28. The van der Waals surface area contributed by atoms with Gasteiger partial charge in [-0.15, -0.1) is 21.5 Å². The summed E-state index contributed by atoms with van der Waals surface area (Å²) in [4.78, 5) is 20.3. The van der Waals surface area contributed by atoms with Gasteiger partial charge in [0, 0.05) is 50.2 Å². The van der Waals surface area contributed by atoms with E-state index in [1.807, 2.05) is 43.8 Å². The Morgan fingerprint density at radius 1 is 1.32 bits per heavy atom. The molecule has 0 atom stereocenters. The molecule has 0 fully saturated rings. The van der Waals surface area contributed by atoms with Crippen LogP contribution in [0.2, 0.25) is 0 Å². The molecule has 0 radical (unpaired) electrons. The standard InChI is InChI=1S/C17H21N5O2S/c1-12-4-5-14(25-12)17-20-19-15(24-17)6-7-16(23)21(3)10-11-22-9-8-18-13(22)2/h4-5,8-9H,6-7,10-11H2,1-3H3. The van der Waals surface area contributed by atoms with Gasteiger partial charge in [-0.05, 0) is 26.0 Å². The third kappa shape index (κ3) is 4.33. The molecule has 0 aromatic carbocycles. The molecule has 25 heavy (non-hydrogen) atoms. The van der Waals surface area contributed by atoms with E-state index in [0.29, 0.717) is 31.2 Å². The first-order valence-corrected chi connectivity index (χ1v) is 8.95. The van der Waals surface area contributed by atoms with Crippen LogP contribution in [0.5, 0.6) is 0 Å². The van der Waals surface area contributed by atoms with Crippen molar-refractivity contribution in [2.45, 2.75) is 33.2 Å². The Bertz CT molecular complexity index is 851. The Balaban J connectivity index is 1.48. The fourth-order valence-corrected chi connectivity index (χ4v) is 3.22. The van der Waals surface area contributed by atoms with Gasteiger partial charge in [-0.1, -0.05) is 0 Å². The highest BCUT2D eigenvalue weighted by Gasteiger charge is 2.14. The fourth-order valence-electron chi connectivity index (χ4n) is 2.43. The summed E-state index contributed by atoms with van der Waals surface area (Å²) in [5, 5.41) is 8.10. The Morgan fingerprint density at radius 2 is 2.16 bits per heavy atom. The maximum atomic E-state index is 12.3. The van der Waals surface area contributed by atoms with E-state index in [1.165, 1.54) is 4.88 Å². The molecular formula is C17H21N5O2S. The number of likely N-dealkylation sites (N-methyl/N-ethyl adjacent to an activating group) is 1. The summed E-state index contributed by atoms with van der Waals surface area (Å²) in [5.74, 6) is 2.02. The Labute approximate surface area is 150 Å². The molecule has 0 saturated heterocycles. The number of aromatic nitrogens is 4. The molecule has 132 valence electrons. The summed E-state index contributed by atoms with van der Waals surface area (Å²) in [6.07, 6.45) is 4.48. The fraction of sp³-hybridized carbons (Fsp3) is 0.412. The first-order chi connectivity index (χ1) is 12.0. The summed E-state index contributed by atoms with van der Waals surface area (Å²) < 4.78 is 7.68. The lowest BCUT2D eigenvalue weighted by atomic mass is 10.3. The van der Waals surface area contributed by atoms with Crippen molar-refractivity contribution in [1.82, 2.24) is 24.6 Å². The second kappa shape index (κ2) is 7.60. The van der Waals surface area contributed by atoms with Gasteiger partial charge in [-0.2, -0.15) is 0 Å². The van der Waals surface area contributed by atoms with E-state index in [1.54, 1.807) is 22.4 Å². The smallest absolute Gasteiger partial charge is 0.257 e. The van der Waals surface area contributed by atoms with Crippen LogP contribution >= 0.6 is 11.3 Å². The van der Waals surface area contributed by atoms with E-state index in [-0.39, 0.29) is 5.91 Å². The zero-order valence-electron chi connectivity index (χ0n) is 14.6. The molecule has 1 amide bonds. The number of nitrogens with zero attached hydrogens (tertiary/aromatic N) is 5. The lowest BCUT2D eigenvalue weighted by Gasteiger charge is -2.17. The van der Waals surface area contributed by atoms with Gasteiger partial charge in [0.15, 0.2) is 0 Å². The van der Waals surface area contributed by atoms with Gasteiger partial charge < -0.3 is 13.9 Å². The molecule has 3 aromatic rings. The first kappa shape index (κ1) is 17.3. The SMILES string of the molecule is Cc1ccc(-c2nnc(CCC(=O)N(C)CCn3ccnc3C)o2)s1. The van der Waals surface area contributed by atoms with Crippen LogP contribution in [0.1, 0.15) is 23.0 Å². The maximum absolute atomic E-state index is 12.3. The third-order valence-corrected chi connectivity index (χ3v) is 4.99. The highest BCUT2D eigenvalue weighted by atomic mass is 32.1. The summed E-state index contributed by atoms with van der Waals surface area (Å²) in [6.45, 7) is 5.35. The second-order valence-corrected chi connectivity index (χ2v) is 7.18. The van der Waals surface area contributed by atoms with Crippen LogP contribution in [0, 0.1) is 13.8 Å². The van der Waals surface area contributed by atoms with E-state index in [9.17, 15) is 4.79 Å². The summed E-state index contributed by atoms with van der Waals surface area (Å²) >= 11 is 1.61. The van der Waals surface area contributed by atoms with E-state index >= 15 is 0 Å². The number of hydrogen-bond acceptors (Lipinski definition) is 6. The highest BCUT2D eigenvalue weighted by molar-refractivity contribution is 7.15. The molecule has 3 aromatic heterocycles. The van der Waals surface area contributed by atoms with Crippen molar-refractivity contribution < 1.29 is 9.21 Å². The van der Waals surface area contributed by atoms with Gasteiger partial charge in [0.2, 0.25) is 11.8 Å². The van der Waals surface area contributed by atoms with Crippen molar-refractivity contribution in [2.24, 2.45) is 0 Å². The summed E-state index contributed by atoms with van der Waals surface area (Å²) in [7, 11) is 1.81. The van der Waals surface area contributed by atoms with Crippen molar-refractivity contribution in [3.63, 3.8) is 0 Å². The molecular weight excluding hydrogens is 338 g/mol. The molecule has 0 aliphatic rings. The van der Waals surface area contributed by atoms with Crippen LogP contribution in [0.4, 0.5) is 0 Å². The van der Waals surface area contributed by atoms with Crippen LogP contribution in [-0.4, -0.2) is 44.1 Å². The molecule has 3 heterocycles. The molecule has 0 aliphatic heterocycles. The van der Waals surface area contributed by atoms with Crippen LogP contribution < -0.4 is 0 Å². The number of imidazole rings is 1. The summed E-state index contributed by atoms with van der Waals surface area (Å²) in [5.41, 5.74) is 0. The van der Waals surface area contributed by atoms with Crippen molar-refractivity contribution in [2.75, 3.05) is 13.6 Å². The van der Waals surface area contributed by atoms with Gasteiger partial charge >= 0.3 is 0 Å². The van der Waals surface area contributed by atoms with E-state index in [4.69, 9.17) is 4.42 Å². The largest absolute Gasteiger partial charge is 0.420 e. The number of hydrogen-bond donors (Lipinski definition) is 0. The minimum Gasteiger partial charge on any atom is -0.420 e. The van der Waals surface area contributed by atoms with Crippen LogP contribution in [0.3, 0.4) is 0 Å². The normalized spacial score (nSPS) is 11.0. The topological polar surface area (TPSA) is 77.1 Å². The number of thiophene rings is 1. The van der Waals surface area contributed by atoms with Gasteiger partial charge in [-0.25, -0.2) is 4.98 Å². The molecule has 0 unspecified atom stereocenters. The number of carbonyl (C=O) groups excluding carboxylic acids is 1. The molecule has 0 bridgehead atoms. The van der Waals surface area contributed by atoms with Crippen molar-refractivity contribution in [1.29, 1.82) is 0 Å². The Morgan fingerprint density at radius 3 is 2.84 bits per heavy atom. The minimum atomic E-state index is 0.0597. The number of aryl methyl sites for hydroxylation is 3. The zero-order chi connectivity index (χ0) is 17.8. The van der Waals surface area contributed by atoms with Gasteiger partial charge in [0.25, 0.3) is 5.89 Å². The van der Waals surface area contributed by atoms with Gasteiger partial charge in [0.05, 0.1) is 4.88 Å². The number of amides is 1. The van der Waals surface area contributed by atoms with Crippen molar-refractivity contribution >= 4 is 17.2 Å². The van der Waals surface area contributed by atoms with E-state index in [2.05, 4.69) is 15.2 Å². The molecule has 0 saturated carbocycles. The predicted molar refractivity (Wildman–Crippen MR) is 95.3 cm³/mol. The van der Waals surface area contributed by atoms with Gasteiger partial charge in [0.1, 0.15) is 5.82 Å². The van der Waals surface area contributed by atoms with Crippen LogP contribution in [0.25, 0.3) is 10.8 Å². The zero-order valence-corrected chi connectivity index (χ0v) is 15.4. The molecule has 0 N–H and O–H groups in total. The average Bonchev–Trinajstić information content (AvgIpc) is 3.31. The van der Waals surface area contributed by atoms with Crippen LogP contribution in [-0.2, 0) is 17.8 Å². The molecule has 7 nitrogen and oxygen atoms in total. The number of carbonyl (C=O) groups is 1. The molecule has 8 heteroatoms. The monoisotopic (exact) mass is 359 g/mol. The summed E-state index contributed by atoms with van der Waals surface area (Å²) in [6, 6.07) is 3.98. The second-order valence-electron chi connectivity index (χ2n) is 5.89. The first-order valence-electron chi connectivity index (χ1n) is 8.14. The van der Waals surface area contributed by atoms with Gasteiger partial charge in [-0.3, -0.25) is 4.79 Å². The average molecular weight is 359 g/mol. The maximum Gasteiger partial charge on any atom is 0.257 e. The van der Waals surface area contributed by atoms with Crippen molar-refractivity contribution in [3.8, 4) is 10.8 Å². The molecule has 0 spiro atoms. The van der Waals surface area contributed by atoms with Crippen molar-refractivity contribution in [3.05, 3.63) is 41.1 Å². The quantitative estimate of drug-likeness (QED) is 0.648. The molecule has 3 rings (SSSR count). The lowest BCUT2D eigenvalue weighted by Crippen LogP contribution is -2.30. The highest BCUT2D eigenvalue weighted by Crippen LogP contribution is 2.26. The minimum absolute atomic E-state index is 0.0597. The van der Waals surface area contributed by atoms with E-state index < -0.39 is 0 Å².